The molecule has 0 spiro atoms. The Morgan fingerprint density at radius 1 is 1.03 bits per heavy atom. The zero-order valence-electron chi connectivity index (χ0n) is 19.4. The highest BCUT2D eigenvalue weighted by Crippen LogP contribution is 2.27. The number of aromatic nitrogens is 2. The van der Waals surface area contributed by atoms with E-state index in [0.29, 0.717) is 42.9 Å². The van der Waals surface area contributed by atoms with Gasteiger partial charge in [-0.3, -0.25) is 0 Å². The Balaban J connectivity index is 1.35. The van der Waals surface area contributed by atoms with Crippen molar-refractivity contribution in [3.8, 4) is 0 Å². The van der Waals surface area contributed by atoms with Gasteiger partial charge in [-0.25, -0.2) is 19.0 Å². The van der Waals surface area contributed by atoms with Crippen molar-refractivity contribution in [1.82, 2.24) is 14.3 Å². The number of esters is 1. The second kappa shape index (κ2) is 9.61. The summed E-state index contributed by atoms with van der Waals surface area (Å²) >= 11 is 0. The molecule has 8 nitrogen and oxygen atoms in total. The Kier molecular flexibility index (Phi) is 6.22. The van der Waals surface area contributed by atoms with Gasteiger partial charge in [-0.05, 0) is 49.7 Å². The van der Waals surface area contributed by atoms with E-state index >= 15 is 0 Å². The first kappa shape index (κ1) is 22.6. The normalized spacial score (nSPS) is 14.2. The van der Waals surface area contributed by atoms with E-state index in [0.717, 1.165) is 23.3 Å². The third-order valence-corrected chi connectivity index (χ3v) is 6.15. The molecule has 3 heterocycles. The van der Waals surface area contributed by atoms with Gasteiger partial charge in [-0.2, -0.15) is 0 Å². The number of hydrogen-bond donors (Lipinski definition) is 1. The van der Waals surface area contributed by atoms with Gasteiger partial charge in [0, 0.05) is 38.4 Å². The first-order valence-electron chi connectivity index (χ1n) is 11.7. The molecule has 1 aliphatic heterocycles. The average Bonchev–Trinajstić information content (AvgIpc) is 3.21. The molecule has 4 aromatic rings. The predicted molar refractivity (Wildman–Crippen MR) is 132 cm³/mol. The summed E-state index contributed by atoms with van der Waals surface area (Å²) < 4.78 is 21.0. The Labute approximate surface area is 201 Å². The fraction of sp³-hybridized carbons (Fsp3) is 0.269. The number of fused-ring (bicyclic) bond motifs is 3. The van der Waals surface area contributed by atoms with E-state index < -0.39 is 5.97 Å². The van der Waals surface area contributed by atoms with Gasteiger partial charge < -0.3 is 24.3 Å². The Morgan fingerprint density at radius 2 is 1.89 bits per heavy atom. The van der Waals surface area contributed by atoms with Crippen LogP contribution >= 0.6 is 0 Å². The Morgan fingerprint density at radius 3 is 2.74 bits per heavy atom. The van der Waals surface area contributed by atoms with Crippen LogP contribution in [-0.4, -0.2) is 59.1 Å². The molecule has 2 amide bonds. The minimum atomic E-state index is -0.472. The fourth-order valence-electron chi connectivity index (χ4n) is 4.47. The van der Waals surface area contributed by atoms with Crippen LogP contribution in [0.4, 0.5) is 20.7 Å². The maximum Gasteiger partial charge on any atom is 0.340 e. The molecule has 35 heavy (non-hydrogen) atoms. The molecule has 1 saturated heterocycles. The molecule has 2 aromatic carbocycles. The number of anilines is 2. The van der Waals surface area contributed by atoms with Crippen LogP contribution in [-0.2, 0) is 4.74 Å². The number of benzene rings is 2. The lowest BCUT2D eigenvalue weighted by atomic mass is 10.2. The molecule has 0 atom stereocenters. The molecule has 2 aromatic heterocycles. The average molecular weight is 476 g/mol. The Hall–Kier alpha value is -4.14. The van der Waals surface area contributed by atoms with Crippen molar-refractivity contribution in [1.29, 1.82) is 0 Å². The number of urea groups is 1. The van der Waals surface area contributed by atoms with E-state index in [4.69, 9.17) is 9.72 Å². The largest absolute Gasteiger partial charge is 0.462 e. The highest BCUT2D eigenvalue weighted by molar-refractivity contribution is 6.00. The molecule has 0 bridgehead atoms. The minimum Gasteiger partial charge on any atom is -0.462 e. The summed E-state index contributed by atoms with van der Waals surface area (Å²) in [4.78, 5) is 34.0. The molecule has 0 radical (unpaired) electrons. The molecule has 5 rings (SSSR count). The molecule has 1 fully saturated rings. The number of rotatable bonds is 4. The lowest BCUT2D eigenvalue weighted by Gasteiger charge is -2.24. The maximum absolute atomic E-state index is 13.9. The van der Waals surface area contributed by atoms with Crippen LogP contribution in [0.3, 0.4) is 0 Å². The first-order chi connectivity index (χ1) is 17.0. The molecule has 9 heteroatoms. The van der Waals surface area contributed by atoms with Crippen LogP contribution in [0, 0.1) is 5.82 Å². The molecular formula is C26H26FN5O3. The molecule has 0 aliphatic carbocycles. The van der Waals surface area contributed by atoms with Gasteiger partial charge in [0.2, 0.25) is 0 Å². The molecule has 1 aliphatic rings. The molecule has 0 saturated carbocycles. The van der Waals surface area contributed by atoms with Crippen molar-refractivity contribution < 1.29 is 18.7 Å². The van der Waals surface area contributed by atoms with Crippen LogP contribution in [0.1, 0.15) is 23.7 Å². The van der Waals surface area contributed by atoms with E-state index in [9.17, 15) is 14.0 Å². The highest BCUT2D eigenvalue weighted by atomic mass is 19.1. The fourth-order valence-corrected chi connectivity index (χ4v) is 4.47. The van der Waals surface area contributed by atoms with Crippen molar-refractivity contribution in [2.75, 3.05) is 43.0 Å². The summed E-state index contributed by atoms with van der Waals surface area (Å²) in [5, 5.41) is 2.86. The SMILES string of the molecule is CCOC(=O)c1ccccc1NC(=O)N1CCCN(c2nc3cc(F)ccc3n3cccc23)CC1. The summed E-state index contributed by atoms with van der Waals surface area (Å²) in [7, 11) is 0. The lowest BCUT2D eigenvalue weighted by Crippen LogP contribution is -2.38. The quantitative estimate of drug-likeness (QED) is 0.438. The van der Waals surface area contributed by atoms with Gasteiger partial charge in [0.25, 0.3) is 0 Å². The van der Waals surface area contributed by atoms with Gasteiger partial charge in [-0.1, -0.05) is 12.1 Å². The molecular weight excluding hydrogens is 449 g/mol. The van der Waals surface area contributed by atoms with E-state index in [2.05, 4.69) is 10.2 Å². The van der Waals surface area contributed by atoms with Crippen molar-refractivity contribution >= 4 is 40.1 Å². The lowest BCUT2D eigenvalue weighted by molar-refractivity contribution is 0.0527. The van der Waals surface area contributed by atoms with E-state index in [1.54, 1.807) is 42.2 Å². The van der Waals surface area contributed by atoms with Crippen LogP contribution in [0.2, 0.25) is 0 Å². The molecule has 0 unspecified atom stereocenters. The number of amides is 2. The summed E-state index contributed by atoms with van der Waals surface area (Å²) in [5.74, 6) is -0.0345. The number of ether oxygens (including phenoxy) is 1. The van der Waals surface area contributed by atoms with E-state index in [-0.39, 0.29) is 18.5 Å². The summed E-state index contributed by atoms with van der Waals surface area (Å²) in [6.45, 7) is 4.31. The third-order valence-electron chi connectivity index (χ3n) is 6.15. The van der Waals surface area contributed by atoms with Crippen molar-refractivity contribution in [2.24, 2.45) is 0 Å². The zero-order chi connectivity index (χ0) is 24.4. The van der Waals surface area contributed by atoms with Gasteiger partial charge >= 0.3 is 12.0 Å². The Bertz CT molecular complexity index is 1400. The van der Waals surface area contributed by atoms with Crippen LogP contribution in [0.5, 0.6) is 0 Å². The standard InChI is InChI=1S/C26H26FN5O3/c1-2-35-25(33)19-7-3-4-8-20(19)29-26(34)31-13-6-12-30(15-16-31)24-23-9-5-14-32(23)22-11-10-18(27)17-21(22)28-24/h3-5,7-11,14,17H,2,6,12-13,15-16H2,1H3,(H,29,34). The van der Waals surface area contributed by atoms with Gasteiger partial charge in [0.05, 0.1) is 34.4 Å². The van der Waals surface area contributed by atoms with Gasteiger partial charge in [-0.15, -0.1) is 0 Å². The van der Waals surface area contributed by atoms with Crippen LogP contribution in [0.15, 0.2) is 60.8 Å². The number of nitrogens with one attached hydrogen (secondary N) is 1. The maximum atomic E-state index is 13.9. The van der Waals surface area contributed by atoms with Gasteiger partial charge in [0.15, 0.2) is 5.82 Å². The number of carbonyl (C=O) groups excluding carboxylic acids is 2. The number of hydrogen-bond acceptors (Lipinski definition) is 5. The topological polar surface area (TPSA) is 79.2 Å². The van der Waals surface area contributed by atoms with Crippen LogP contribution < -0.4 is 10.2 Å². The smallest absolute Gasteiger partial charge is 0.340 e. The van der Waals surface area contributed by atoms with E-state index in [1.807, 2.05) is 22.7 Å². The zero-order valence-corrected chi connectivity index (χ0v) is 19.4. The molecule has 180 valence electrons. The van der Waals surface area contributed by atoms with Crippen molar-refractivity contribution in [3.05, 3.63) is 72.2 Å². The summed E-state index contributed by atoms with van der Waals surface area (Å²) in [6.07, 6.45) is 2.68. The highest BCUT2D eigenvalue weighted by Gasteiger charge is 2.23. The number of carbonyl (C=O) groups is 2. The second-order valence-corrected chi connectivity index (χ2v) is 8.36. The number of nitrogens with zero attached hydrogens (tertiary/aromatic N) is 4. The number of para-hydroxylation sites is 1. The van der Waals surface area contributed by atoms with Crippen LogP contribution in [0.25, 0.3) is 16.6 Å². The predicted octanol–water partition coefficient (Wildman–Crippen LogP) is 4.55. The summed E-state index contributed by atoms with van der Waals surface area (Å²) in [6, 6.07) is 15.1. The summed E-state index contributed by atoms with van der Waals surface area (Å²) in [5.41, 5.74) is 3.10. The van der Waals surface area contributed by atoms with Crippen molar-refractivity contribution in [2.45, 2.75) is 13.3 Å². The second-order valence-electron chi connectivity index (χ2n) is 8.36. The minimum absolute atomic E-state index is 0.257. The molecule has 1 N–H and O–H groups in total. The van der Waals surface area contributed by atoms with Gasteiger partial charge in [0.1, 0.15) is 5.82 Å². The monoisotopic (exact) mass is 475 g/mol. The number of halogens is 1. The third kappa shape index (κ3) is 4.49. The van der Waals surface area contributed by atoms with E-state index in [1.165, 1.54) is 12.1 Å². The van der Waals surface area contributed by atoms with Crippen molar-refractivity contribution in [3.63, 3.8) is 0 Å². The first-order valence-corrected chi connectivity index (χ1v) is 11.7.